The lowest BCUT2D eigenvalue weighted by Gasteiger charge is -2.25. The molecule has 1 aliphatic carbocycles. The molecule has 1 saturated carbocycles. The first kappa shape index (κ1) is 11.4. The number of benzene rings is 1. The summed E-state index contributed by atoms with van der Waals surface area (Å²) in [6, 6.07) is 6.54. The van der Waals surface area contributed by atoms with Gasteiger partial charge in [0.05, 0.1) is 6.10 Å². The summed E-state index contributed by atoms with van der Waals surface area (Å²) in [4.78, 5) is 0. The standard InChI is InChI=1S/C13H18FNO/c14-11-2-1-3-12(8-11)15-9-10-4-6-13(16)7-5-10/h1-3,8,10,13,15-16H,4-7,9H2. The minimum absolute atomic E-state index is 0.106. The number of anilines is 1. The van der Waals surface area contributed by atoms with Gasteiger partial charge < -0.3 is 10.4 Å². The number of hydrogen-bond acceptors (Lipinski definition) is 2. The first-order valence-electron chi connectivity index (χ1n) is 5.91. The third-order valence-corrected chi connectivity index (χ3v) is 3.24. The molecule has 2 rings (SSSR count). The largest absolute Gasteiger partial charge is 0.393 e. The molecule has 16 heavy (non-hydrogen) atoms. The summed E-state index contributed by atoms with van der Waals surface area (Å²) in [5.74, 6) is 0.399. The van der Waals surface area contributed by atoms with Crippen LogP contribution in [0.25, 0.3) is 0 Å². The van der Waals surface area contributed by atoms with Crippen molar-refractivity contribution < 1.29 is 9.50 Å². The molecule has 0 aliphatic heterocycles. The van der Waals surface area contributed by atoms with E-state index in [-0.39, 0.29) is 11.9 Å². The molecule has 0 saturated heterocycles. The monoisotopic (exact) mass is 223 g/mol. The summed E-state index contributed by atoms with van der Waals surface area (Å²) in [5, 5.41) is 12.6. The van der Waals surface area contributed by atoms with Gasteiger partial charge in [0.2, 0.25) is 0 Å². The van der Waals surface area contributed by atoms with E-state index < -0.39 is 0 Å². The second-order valence-electron chi connectivity index (χ2n) is 4.57. The first-order chi connectivity index (χ1) is 7.74. The van der Waals surface area contributed by atoms with Crippen LogP contribution in [0.3, 0.4) is 0 Å². The predicted octanol–water partition coefficient (Wildman–Crippen LogP) is 2.79. The Morgan fingerprint density at radius 3 is 2.69 bits per heavy atom. The van der Waals surface area contributed by atoms with Gasteiger partial charge in [0.1, 0.15) is 5.82 Å². The summed E-state index contributed by atoms with van der Waals surface area (Å²) in [7, 11) is 0. The number of halogens is 1. The zero-order valence-electron chi connectivity index (χ0n) is 9.32. The molecule has 1 aromatic rings. The highest BCUT2D eigenvalue weighted by Crippen LogP contribution is 2.24. The van der Waals surface area contributed by atoms with Crippen molar-refractivity contribution in [2.45, 2.75) is 31.8 Å². The van der Waals surface area contributed by atoms with Gasteiger partial charge in [-0.2, -0.15) is 0 Å². The first-order valence-corrected chi connectivity index (χ1v) is 5.91. The van der Waals surface area contributed by atoms with Gasteiger partial charge in [0.25, 0.3) is 0 Å². The number of hydrogen-bond donors (Lipinski definition) is 2. The SMILES string of the molecule is OC1CCC(CNc2cccc(F)c2)CC1. The molecule has 2 N–H and O–H groups in total. The maximum atomic E-state index is 12.9. The number of nitrogens with one attached hydrogen (secondary N) is 1. The Labute approximate surface area is 95.5 Å². The van der Waals surface area contributed by atoms with Crippen LogP contribution in [-0.2, 0) is 0 Å². The average molecular weight is 223 g/mol. The molecular formula is C13H18FNO. The average Bonchev–Trinajstić information content (AvgIpc) is 2.28. The van der Waals surface area contributed by atoms with Crippen LogP contribution in [0, 0.1) is 11.7 Å². The number of aliphatic hydroxyl groups is 1. The Balaban J connectivity index is 1.79. The lowest BCUT2D eigenvalue weighted by Crippen LogP contribution is -2.23. The molecular weight excluding hydrogens is 205 g/mol. The molecule has 0 heterocycles. The quantitative estimate of drug-likeness (QED) is 0.825. The second-order valence-corrected chi connectivity index (χ2v) is 4.57. The van der Waals surface area contributed by atoms with E-state index in [0.717, 1.165) is 37.9 Å². The maximum Gasteiger partial charge on any atom is 0.125 e. The highest BCUT2D eigenvalue weighted by Gasteiger charge is 2.18. The van der Waals surface area contributed by atoms with Crippen LogP contribution in [0.4, 0.5) is 10.1 Å². The molecule has 0 aromatic heterocycles. The van der Waals surface area contributed by atoms with E-state index in [9.17, 15) is 9.50 Å². The molecule has 1 aliphatic rings. The van der Waals surface area contributed by atoms with Crippen molar-refractivity contribution in [2.75, 3.05) is 11.9 Å². The van der Waals surface area contributed by atoms with Crippen LogP contribution in [0.1, 0.15) is 25.7 Å². The Morgan fingerprint density at radius 1 is 1.25 bits per heavy atom. The molecule has 2 nitrogen and oxygen atoms in total. The van der Waals surface area contributed by atoms with Gasteiger partial charge in [0.15, 0.2) is 0 Å². The zero-order valence-corrected chi connectivity index (χ0v) is 9.32. The summed E-state index contributed by atoms with van der Waals surface area (Å²) >= 11 is 0. The van der Waals surface area contributed by atoms with Gasteiger partial charge in [-0.05, 0) is 49.8 Å². The Hall–Kier alpha value is -1.09. The highest BCUT2D eigenvalue weighted by atomic mass is 19.1. The molecule has 0 amide bonds. The topological polar surface area (TPSA) is 32.3 Å². The molecule has 0 unspecified atom stereocenters. The molecule has 1 aromatic carbocycles. The Morgan fingerprint density at radius 2 is 2.00 bits per heavy atom. The van der Waals surface area contributed by atoms with Crippen LogP contribution in [-0.4, -0.2) is 17.8 Å². The molecule has 1 fully saturated rings. The van der Waals surface area contributed by atoms with E-state index in [1.165, 1.54) is 12.1 Å². The summed E-state index contributed by atoms with van der Waals surface area (Å²) < 4.78 is 12.9. The Bertz CT molecular complexity index is 334. The summed E-state index contributed by atoms with van der Waals surface area (Å²) in [6.45, 7) is 0.871. The lowest BCUT2D eigenvalue weighted by molar-refractivity contribution is 0.111. The van der Waals surface area contributed by atoms with Gasteiger partial charge in [0, 0.05) is 12.2 Å². The normalized spacial score (nSPS) is 25.4. The molecule has 0 radical (unpaired) electrons. The van der Waals surface area contributed by atoms with Crippen molar-refractivity contribution in [3.8, 4) is 0 Å². The van der Waals surface area contributed by atoms with Crippen LogP contribution in [0.2, 0.25) is 0 Å². The van der Waals surface area contributed by atoms with E-state index in [1.54, 1.807) is 6.07 Å². The molecule has 0 bridgehead atoms. The van der Waals surface area contributed by atoms with Gasteiger partial charge >= 0.3 is 0 Å². The van der Waals surface area contributed by atoms with E-state index in [1.807, 2.05) is 6.07 Å². The summed E-state index contributed by atoms with van der Waals surface area (Å²) in [6.07, 6.45) is 3.81. The van der Waals surface area contributed by atoms with E-state index in [4.69, 9.17) is 0 Å². The van der Waals surface area contributed by atoms with Crippen LogP contribution in [0.5, 0.6) is 0 Å². The molecule has 0 atom stereocenters. The lowest BCUT2D eigenvalue weighted by atomic mass is 9.87. The van der Waals surface area contributed by atoms with E-state index in [0.29, 0.717) is 5.92 Å². The minimum atomic E-state index is -0.205. The predicted molar refractivity (Wildman–Crippen MR) is 62.9 cm³/mol. The number of aliphatic hydroxyl groups excluding tert-OH is 1. The van der Waals surface area contributed by atoms with E-state index in [2.05, 4.69) is 5.32 Å². The van der Waals surface area contributed by atoms with Gasteiger partial charge in [-0.3, -0.25) is 0 Å². The van der Waals surface area contributed by atoms with Crippen molar-refractivity contribution in [2.24, 2.45) is 5.92 Å². The van der Waals surface area contributed by atoms with Crippen molar-refractivity contribution in [3.63, 3.8) is 0 Å². The van der Waals surface area contributed by atoms with Crippen LogP contribution in [0.15, 0.2) is 24.3 Å². The van der Waals surface area contributed by atoms with Crippen LogP contribution >= 0.6 is 0 Å². The maximum absolute atomic E-state index is 12.9. The third-order valence-electron chi connectivity index (χ3n) is 3.24. The zero-order chi connectivity index (χ0) is 11.4. The van der Waals surface area contributed by atoms with Crippen molar-refractivity contribution in [1.29, 1.82) is 0 Å². The summed E-state index contributed by atoms with van der Waals surface area (Å²) in [5.41, 5.74) is 0.839. The van der Waals surface area contributed by atoms with Crippen molar-refractivity contribution in [3.05, 3.63) is 30.1 Å². The fourth-order valence-electron chi connectivity index (χ4n) is 2.21. The molecule has 88 valence electrons. The molecule has 0 spiro atoms. The highest BCUT2D eigenvalue weighted by molar-refractivity contribution is 5.42. The van der Waals surface area contributed by atoms with Gasteiger partial charge in [-0.15, -0.1) is 0 Å². The second kappa shape index (κ2) is 5.30. The van der Waals surface area contributed by atoms with Gasteiger partial charge in [-0.25, -0.2) is 4.39 Å². The van der Waals surface area contributed by atoms with Crippen LogP contribution < -0.4 is 5.32 Å². The fourth-order valence-corrected chi connectivity index (χ4v) is 2.21. The Kier molecular flexibility index (Phi) is 3.78. The smallest absolute Gasteiger partial charge is 0.125 e. The van der Waals surface area contributed by atoms with Crippen molar-refractivity contribution in [1.82, 2.24) is 0 Å². The van der Waals surface area contributed by atoms with Crippen molar-refractivity contribution >= 4 is 5.69 Å². The fraction of sp³-hybridized carbons (Fsp3) is 0.538. The van der Waals surface area contributed by atoms with Gasteiger partial charge in [-0.1, -0.05) is 6.07 Å². The third kappa shape index (κ3) is 3.20. The molecule has 3 heteroatoms. The number of rotatable bonds is 3. The minimum Gasteiger partial charge on any atom is -0.393 e. The van der Waals surface area contributed by atoms with E-state index >= 15 is 0 Å².